The minimum atomic E-state index is -0.455. The van der Waals surface area contributed by atoms with Crippen molar-refractivity contribution >= 4 is 40.3 Å². The molecule has 21 heavy (non-hydrogen) atoms. The quantitative estimate of drug-likeness (QED) is 0.724. The lowest BCUT2D eigenvalue weighted by Gasteiger charge is -2.03. The molecule has 7 heteroatoms. The Bertz CT molecular complexity index is 752. The van der Waals surface area contributed by atoms with Crippen LogP contribution in [0.4, 0.5) is 0 Å². The standard InChI is InChI=1S/C14H11N3OS3/c15-12(18)10-3-1-5-16-13(10)20-7-9-8-21-14(17-9)11-4-2-6-19-11/h1-6,8H,7H2,(H2,15,18). The van der Waals surface area contributed by atoms with Crippen LogP contribution in [0.25, 0.3) is 9.88 Å². The molecular formula is C14H11N3OS3. The topological polar surface area (TPSA) is 68.9 Å². The number of pyridine rings is 1. The Labute approximate surface area is 134 Å². The minimum absolute atomic E-state index is 0.455. The van der Waals surface area contributed by atoms with Crippen LogP contribution in [0.15, 0.2) is 46.2 Å². The highest BCUT2D eigenvalue weighted by Crippen LogP contribution is 2.30. The number of carbonyl (C=O) groups excluding carboxylic acids is 1. The summed E-state index contributed by atoms with van der Waals surface area (Å²) in [6.07, 6.45) is 1.66. The number of nitrogens with zero attached hydrogens (tertiary/aromatic N) is 2. The number of primary amides is 1. The number of aromatic nitrogens is 2. The van der Waals surface area contributed by atoms with Gasteiger partial charge in [0.15, 0.2) is 0 Å². The van der Waals surface area contributed by atoms with Gasteiger partial charge in [0, 0.05) is 17.3 Å². The van der Waals surface area contributed by atoms with Gasteiger partial charge in [0.2, 0.25) is 0 Å². The van der Waals surface area contributed by atoms with Crippen molar-refractivity contribution in [3.8, 4) is 9.88 Å². The van der Waals surface area contributed by atoms with Crippen molar-refractivity contribution in [2.45, 2.75) is 10.8 Å². The summed E-state index contributed by atoms with van der Waals surface area (Å²) in [6.45, 7) is 0. The maximum Gasteiger partial charge on any atom is 0.251 e. The summed E-state index contributed by atoms with van der Waals surface area (Å²) < 4.78 is 0. The number of hydrogen-bond acceptors (Lipinski definition) is 6. The smallest absolute Gasteiger partial charge is 0.251 e. The first-order valence-electron chi connectivity index (χ1n) is 6.10. The van der Waals surface area contributed by atoms with Gasteiger partial charge in [-0.2, -0.15) is 0 Å². The predicted octanol–water partition coefficient (Wildman–Crippen LogP) is 3.66. The monoisotopic (exact) mass is 333 g/mol. The van der Waals surface area contributed by atoms with Crippen molar-refractivity contribution in [1.29, 1.82) is 0 Å². The fourth-order valence-electron chi connectivity index (χ4n) is 1.72. The first-order chi connectivity index (χ1) is 10.2. The number of thiazole rings is 1. The SMILES string of the molecule is NC(=O)c1cccnc1SCc1csc(-c2cccs2)n1. The number of amides is 1. The zero-order chi connectivity index (χ0) is 14.7. The minimum Gasteiger partial charge on any atom is -0.366 e. The second kappa shape index (κ2) is 6.38. The van der Waals surface area contributed by atoms with Crippen LogP contribution in [0.1, 0.15) is 16.1 Å². The van der Waals surface area contributed by atoms with E-state index in [2.05, 4.69) is 16.0 Å². The average molecular weight is 333 g/mol. The highest BCUT2D eigenvalue weighted by Gasteiger charge is 2.11. The van der Waals surface area contributed by atoms with E-state index in [1.807, 2.05) is 16.8 Å². The van der Waals surface area contributed by atoms with E-state index in [1.54, 1.807) is 41.0 Å². The van der Waals surface area contributed by atoms with E-state index in [0.29, 0.717) is 16.3 Å². The number of hydrogen-bond donors (Lipinski definition) is 1. The number of rotatable bonds is 5. The Morgan fingerprint density at radius 3 is 2.95 bits per heavy atom. The largest absolute Gasteiger partial charge is 0.366 e. The second-order valence-corrected chi connectivity index (χ2v) is 6.90. The molecule has 106 valence electrons. The Balaban J connectivity index is 1.73. The summed E-state index contributed by atoms with van der Waals surface area (Å²) in [4.78, 5) is 21.3. The molecule has 4 nitrogen and oxygen atoms in total. The van der Waals surface area contributed by atoms with E-state index in [0.717, 1.165) is 10.7 Å². The fourth-order valence-corrected chi connectivity index (χ4v) is 4.35. The molecular weight excluding hydrogens is 322 g/mol. The van der Waals surface area contributed by atoms with E-state index in [9.17, 15) is 4.79 Å². The normalized spacial score (nSPS) is 10.7. The van der Waals surface area contributed by atoms with Crippen molar-refractivity contribution < 1.29 is 4.79 Å². The third-order valence-corrected chi connectivity index (χ3v) is 5.65. The molecule has 1 amide bonds. The lowest BCUT2D eigenvalue weighted by atomic mass is 10.3. The number of carbonyl (C=O) groups is 1. The van der Waals surface area contributed by atoms with E-state index in [-0.39, 0.29) is 0 Å². The van der Waals surface area contributed by atoms with Crippen molar-refractivity contribution in [3.63, 3.8) is 0 Å². The third-order valence-electron chi connectivity index (χ3n) is 2.68. The number of thiophene rings is 1. The van der Waals surface area contributed by atoms with Crippen LogP contribution in [0.2, 0.25) is 0 Å². The van der Waals surface area contributed by atoms with Gasteiger partial charge in [0.05, 0.1) is 16.1 Å². The number of thioether (sulfide) groups is 1. The zero-order valence-corrected chi connectivity index (χ0v) is 13.3. The second-order valence-electron chi connectivity index (χ2n) is 4.13. The predicted molar refractivity (Wildman–Crippen MR) is 87.7 cm³/mol. The van der Waals surface area contributed by atoms with Gasteiger partial charge in [-0.15, -0.1) is 22.7 Å². The molecule has 0 bridgehead atoms. The Morgan fingerprint density at radius 1 is 1.29 bits per heavy atom. The first kappa shape index (κ1) is 14.2. The number of nitrogens with two attached hydrogens (primary N) is 1. The Morgan fingerprint density at radius 2 is 2.19 bits per heavy atom. The molecule has 2 N–H and O–H groups in total. The lowest BCUT2D eigenvalue weighted by molar-refractivity contribution is 0.0997. The summed E-state index contributed by atoms with van der Waals surface area (Å²) in [7, 11) is 0. The average Bonchev–Trinajstić information content (AvgIpc) is 3.16. The molecule has 0 saturated heterocycles. The highest BCUT2D eigenvalue weighted by molar-refractivity contribution is 7.98. The van der Waals surface area contributed by atoms with Crippen molar-refractivity contribution in [3.05, 3.63) is 52.5 Å². The van der Waals surface area contributed by atoms with E-state index >= 15 is 0 Å². The van der Waals surface area contributed by atoms with Gasteiger partial charge in [0.1, 0.15) is 10.0 Å². The Kier molecular flexibility index (Phi) is 4.33. The molecule has 0 aliphatic heterocycles. The van der Waals surface area contributed by atoms with Gasteiger partial charge >= 0.3 is 0 Å². The summed E-state index contributed by atoms with van der Waals surface area (Å²) in [5.74, 6) is 0.210. The lowest BCUT2D eigenvalue weighted by Crippen LogP contribution is -2.12. The van der Waals surface area contributed by atoms with Crippen LogP contribution >= 0.6 is 34.4 Å². The van der Waals surface area contributed by atoms with Crippen LogP contribution < -0.4 is 5.73 Å². The van der Waals surface area contributed by atoms with Gasteiger partial charge in [-0.3, -0.25) is 4.79 Å². The zero-order valence-electron chi connectivity index (χ0n) is 10.9. The van der Waals surface area contributed by atoms with E-state index in [1.165, 1.54) is 16.6 Å². The molecule has 3 heterocycles. The molecule has 0 aliphatic rings. The van der Waals surface area contributed by atoms with Gasteiger partial charge in [0.25, 0.3) is 5.91 Å². The van der Waals surface area contributed by atoms with E-state index in [4.69, 9.17) is 5.73 Å². The van der Waals surface area contributed by atoms with E-state index < -0.39 is 5.91 Å². The maximum atomic E-state index is 11.3. The van der Waals surface area contributed by atoms with Crippen LogP contribution in [-0.4, -0.2) is 15.9 Å². The fraction of sp³-hybridized carbons (Fsp3) is 0.0714. The van der Waals surface area contributed by atoms with Gasteiger partial charge < -0.3 is 5.73 Å². The van der Waals surface area contributed by atoms with Crippen LogP contribution in [0.5, 0.6) is 0 Å². The molecule has 0 atom stereocenters. The van der Waals surface area contributed by atoms with Crippen molar-refractivity contribution in [2.24, 2.45) is 5.73 Å². The van der Waals surface area contributed by atoms with Crippen LogP contribution in [0, 0.1) is 0 Å². The van der Waals surface area contributed by atoms with Gasteiger partial charge in [-0.05, 0) is 23.6 Å². The molecule has 3 aromatic rings. The summed E-state index contributed by atoms with van der Waals surface area (Å²) in [5.41, 5.74) is 6.78. The molecule has 0 aliphatic carbocycles. The molecule has 0 saturated carbocycles. The summed E-state index contributed by atoms with van der Waals surface area (Å²) in [5, 5.41) is 5.75. The molecule has 0 radical (unpaired) electrons. The van der Waals surface area contributed by atoms with Crippen LogP contribution in [-0.2, 0) is 5.75 Å². The maximum absolute atomic E-state index is 11.3. The molecule has 3 rings (SSSR count). The molecule has 0 spiro atoms. The van der Waals surface area contributed by atoms with Gasteiger partial charge in [-0.1, -0.05) is 17.8 Å². The molecule has 3 aromatic heterocycles. The van der Waals surface area contributed by atoms with Crippen LogP contribution in [0.3, 0.4) is 0 Å². The highest BCUT2D eigenvalue weighted by atomic mass is 32.2. The van der Waals surface area contributed by atoms with Crippen molar-refractivity contribution in [1.82, 2.24) is 9.97 Å². The Hall–Kier alpha value is -1.70. The molecule has 0 unspecified atom stereocenters. The summed E-state index contributed by atoms with van der Waals surface area (Å²) >= 11 is 4.78. The van der Waals surface area contributed by atoms with Crippen molar-refractivity contribution in [2.75, 3.05) is 0 Å². The van der Waals surface area contributed by atoms with Gasteiger partial charge in [-0.25, -0.2) is 9.97 Å². The molecule has 0 fully saturated rings. The third kappa shape index (κ3) is 3.31. The summed E-state index contributed by atoms with van der Waals surface area (Å²) in [6, 6.07) is 7.48. The molecule has 0 aromatic carbocycles. The first-order valence-corrected chi connectivity index (χ1v) is 8.84.